The van der Waals surface area contributed by atoms with E-state index >= 15 is 0 Å². The van der Waals surface area contributed by atoms with Gasteiger partial charge in [0.2, 0.25) is 0 Å². The molecule has 1 aliphatic rings. The van der Waals surface area contributed by atoms with Gasteiger partial charge >= 0.3 is 0 Å². The Hall–Kier alpha value is -3.41. The van der Waals surface area contributed by atoms with E-state index < -0.39 is 0 Å². The minimum absolute atomic E-state index is 0.284. The number of imidazole rings is 1. The van der Waals surface area contributed by atoms with Gasteiger partial charge in [0.15, 0.2) is 11.5 Å². The van der Waals surface area contributed by atoms with Gasteiger partial charge < -0.3 is 15.2 Å². The molecule has 6 nitrogen and oxygen atoms in total. The molecule has 3 aromatic rings. The number of hydrogen-bond donors (Lipinski definition) is 2. The molecule has 27 heavy (non-hydrogen) atoms. The topological polar surface area (TPSA) is 76.0 Å². The van der Waals surface area contributed by atoms with Gasteiger partial charge in [-0.15, -0.1) is 0 Å². The van der Waals surface area contributed by atoms with Gasteiger partial charge in [-0.25, -0.2) is 4.98 Å². The van der Waals surface area contributed by atoms with Gasteiger partial charge in [-0.1, -0.05) is 36.4 Å². The predicted octanol–water partition coefficient (Wildman–Crippen LogP) is 3.72. The maximum Gasteiger partial charge on any atom is 0.291 e. The van der Waals surface area contributed by atoms with E-state index in [1.165, 1.54) is 0 Å². The summed E-state index contributed by atoms with van der Waals surface area (Å²) in [5.74, 6) is -0.305. The van der Waals surface area contributed by atoms with Crippen molar-refractivity contribution in [1.29, 1.82) is 0 Å². The molecule has 2 amide bonds. The number of rotatable bonds is 4. The Balaban J connectivity index is 1.63. The third-order valence-corrected chi connectivity index (χ3v) is 4.60. The van der Waals surface area contributed by atoms with E-state index in [9.17, 15) is 9.59 Å². The van der Waals surface area contributed by atoms with E-state index in [0.717, 1.165) is 25.0 Å². The number of nitrogens with one attached hydrogen (secondary N) is 2. The van der Waals surface area contributed by atoms with Crippen LogP contribution >= 0.6 is 0 Å². The first kappa shape index (κ1) is 17.0. The molecule has 0 spiro atoms. The Kier molecular flexibility index (Phi) is 4.70. The third-order valence-electron chi connectivity index (χ3n) is 4.60. The molecule has 2 N–H and O–H groups in total. The molecule has 0 saturated heterocycles. The van der Waals surface area contributed by atoms with Crippen molar-refractivity contribution in [2.24, 2.45) is 0 Å². The second-order valence-corrected chi connectivity index (χ2v) is 6.48. The molecule has 2 aromatic carbocycles. The average molecular weight is 360 g/mol. The number of aromatic nitrogens is 2. The molecule has 0 bridgehead atoms. The summed E-state index contributed by atoms with van der Waals surface area (Å²) in [7, 11) is 0. The predicted molar refractivity (Wildman–Crippen MR) is 104 cm³/mol. The number of carbonyl (C=O) groups is 2. The molecule has 0 fully saturated rings. The number of hydrogen-bond acceptors (Lipinski definition) is 3. The summed E-state index contributed by atoms with van der Waals surface area (Å²) in [6.45, 7) is 0.693. The Morgan fingerprint density at radius 2 is 1.41 bits per heavy atom. The number of nitrogens with zero attached hydrogens (tertiary/aromatic N) is 2. The Morgan fingerprint density at radius 1 is 0.815 bits per heavy atom. The van der Waals surface area contributed by atoms with E-state index in [1.54, 1.807) is 0 Å². The molecular weight excluding hydrogens is 340 g/mol. The fourth-order valence-corrected chi connectivity index (χ4v) is 3.32. The van der Waals surface area contributed by atoms with Crippen LogP contribution in [0.3, 0.4) is 0 Å². The van der Waals surface area contributed by atoms with Crippen LogP contribution in [0.4, 0.5) is 11.4 Å². The van der Waals surface area contributed by atoms with Crippen LogP contribution in [0.1, 0.15) is 39.6 Å². The average Bonchev–Trinajstić information content (AvgIpc) is 3.09. The number of benzene rings is 2. The van der Waals surface area contributed by atoms with E-state index in [-0.39, 0.29) is 17.6 Å². The van der Waals surface area contributed by atoms with Crippen molar-refractivity contribution in [2.75, 3.05) is 10.6 Å². The molecule has 0 radical (unpaired) electrons. The highest BCUT2D eigenvalue weighted by molar-refractivity contribution is 6.06. The van der Waals surface area contributed by atoms with Crippen LogP contribution in [-0.4, -0.2) is 21.4 Å². The van der Waals surface area contributed by atoms with Gasteiger partial charge in [0.05, 0.1) is 5.69 Å². The maximum atomic E-state index is 12.8. The first-order chi connectivity index (χ1) is 13.2. The summed E-state index contributed by atoms with van der Waals surface area (Å²) in [6, 6.07) is 18.5. The lowest BCUT2D eigenvalue weighted by Gasteiger charge is -2.17. The molecule has 0 aliphatic carbocycles. The summed E-state index contributed by atoms with van der Waals surface area (Å²) in [5.41, 5.74) is 2.56. The lowest BCUT2D eigenvalue weighted by molar-refractivity contribution is 0.101. The van der Waals surface area contributed by atoms with Gasteiger partial charge in [0, 0.05) is 17.9 Å². The molecule has 136 valence electrons. The molecule has 2 heterocycles. The molecule has 6 heteroatoms. The number of amides is 2. The van der Waals surface area contributed by atoms with Crippen molar-refractivity contribution in [2.45, 2.75) is 25.8 Å². The molecule has 0 atom stereocenters. The summed E-state index contributed by atoms with van der Waals surface area (Å²) >= 11 is 0. The lowest BCUT2D eigenvalue weighted by Crippen LogP contribution is -2.21. The number of para-hydroxylation sites is 2. The SMILES string of the molecule is O=C(Nc1ccccc1)c1nc(C(=O)Nc2ccccc2)n2c1CCCC2. The van der Waals surface area contributed by atoms with Crippen LogP contribution in [0, 0.1) is 0 Å². The fourth-order valence-electron chi connectivity index (χ4n) is 3.32. The third kappa shape index (κ3) is 3.60. The molecular formula is C21H20N4O2. The monoisotopic (exact) mass is 360 g/mol. The maximum absolute atomic E-state index is 12.8. The van der Waals surface area contributed by atoms with Crippen LogP contribution in [0.5, 0.6) is 0 Å². The Bertz CT molecular complexity index is 887. The van der Waals surface area contributed by atoms with Gasteiger partial charge in [-0.2, -0.15) is 0 Å². The van der Waals surface area contributed by atoms with Crippen molar-refractivity contribution in [3.63, 3.8) is 0 Å². The summed E-state index contributed by atoms with van der Waals surface area (Å²) in [5, 5.41) is 5.72. The van der Waals surface area contributed by atoms with Gasteiger partial charge in [0.1, 0.15) is 0 Å². The molecule has 1 aromatic heterocycles. The van der Waals surface area contributed by atoms with E-state index in [2.05, 4.69) is 15.6 Å². The zero-order valence-electron chi connectivity index (χ0n) is 14.8. The number of fused-ring (bicyclic) bond motifs is 1. The van der Waals surface area contributed by atoms with Crippen LogP contribution in [-0.2, 0) is 13.0 Å². The fraction of sp³-hybridized carbons (Fsp3) is 0.190. The normalized spacial score (nSPS) is 12.9. The highest BCUT2D eigenvalue weighted by atomic mass is 16.2. The van der Waals surface area contributed by atoms with E-state index in [1.807, 2.05) is 65.2 Å². The molecule has 0 unspecified atom stereocenters. The van der Waals surface area contributed by atoms with E-state index in [4.69, 9.17) is 0 Å². The first-order valence-corrected chi connectivity index (χ1v) is 9.04. The Morgan fingerprint density at radius 3 is 2.04 bits per heavy atom. The van der Waals surface area contributed by atoms with Crippen LogP contribution in [0.25, 0.3) is 0 Å². The quantitative estimate of drug-likeness (QED) is 0.744. The smallest absolute Gasteiger partial charge is 0.291 e. The zero-order valence-corrected chi connectivity index (χ0v) is 14.8. The highest BCUT2D eigenvalue weighted by Gasteiger charge is 2.27. The van der Waals surface area contributed by atoms with Crippen molar-refractivity contribution >= 4 is 23.2 Å². The second kappa shape index (κ2) is 7.45. The minimum Gasteiger partial charge on any atom is -0.323 e. The van der Waals surface area contributed by atoms with Gasteiger partial charge in [-0.3, -0.25) is 9.59 Å². The second-order valence-electron chi connectivity index (χ2n) is 6.48. The van der Waals surface area contributed by atoms with Gasteiger partial charge in [-0.05, 0) is 43.5 Å². The largest absolute Gasteiger partial charge is 0.323 e. The van der Waals surface area contributed by atoms with Gasteiger partial charge in [0.25, 0.3) is 11.8 Å². The lowest BCUT2D eigenvalue weighted by atomic mass is 10.1. The zero-order chi connectivity index (χ0) is 18.6. The molecule has 0 saturated carbocycles. The minimum atomic E-state index is -0.303. The summed E-state index contributed by atoms with van der Waals surface area (Å²) < 4.78 is 1.88. The van der Waals surface area contributed by atoms with Crippen molar-refractivity contribution < 1.29 is 9.59 Å². The standard InChI is InChI=1S/C21H20N4O2/c26-20(22-15-9-3-1-4-10-15)18-17-13-7-8-14-25(17)19(24-18)21(27)23-16-11-5-2-6-12-16/h1-6,9-12H,7-8,13-14H2,(H,22,26)(H,23,27). The molecule has 4 rings (SSSR count). The van der Waals surface area contributed by atoms with Crippen LogP contribution < -0.4 is 10.6 Å². The van der Waals surface area contributed by atoms with Crippen molar-refractivity contribution in [3.8, 4) is 0 Å². The first-order valence-electron chi connectivity index (χ1n) is 9.04. The molecule has 1 aliphatic heterocycles. The summed E-state index contributed by atoms with van der Waals surface area (Å²) in [4.78, 5) is 29.9. The highest BCUT2D eigenvalue weighted by Crippen LogP contribution is 2.23. The van der Waals surface area contributed by atoms with Crippen molar-refractivity contribution in [1.82, 2.24) is 9.55 Å². The van der Waals surface area contributed by atoms with Crippen LogP contribution in [0.15, 0.2) is 60.7 Å². The van der Waals surface area contributed by atoms with E-state index in [0.29, 0.717) is 23.6 Å². The Labute approximate surface area is 157 Å². The summed E-state index contributed by atoms with van der Waals surface area (Å²) in [6.07, 6.45) is 2.69. The van der Waals surface area contributed by atoms with Crippen molar-refractivity contribution in [3.05, 3.63) is 77.9 Å². The number of anilines is 2. The van der Waals surface area contributed by atoms with Crippen LogP contribution in [0.2, 0.25) is 0 Å². The number of carbonyl (C=O) groups excluding carboxylic acids is 2.